The molecule has 0 aliphatic rings. The number of rotatable bonds is 17. The van der Waals surface area contributed by atoms with E-state index in [1.54, 1.807) is 48.5 Å². The average Bonchev–Trinajstić information content (AvgIpc) is 3.05. The molecule has 7 heteroatoms. The maximum atomic E-state index is 13.1. The van der Waals surface area contributed by atoms with Gasteiger partial charge in [-0.1, -0.05) is 105 Å². The van der Waals surface area contributed by atoms with Crippen molar-refractivity contribution < 1.29 is 24.2 Å². The Hall–Kier alpha value is -4.91. The normalized spacial score (nSPS) is 11.4. The summed E-state index contributed by atoms with van der Waals surface area (Å²) in [4.78, 5) is 40.1. The fourth-order valence-electron chi connectivity index (χ4n) is 4.95. The molecule has 228 valence electrons. The SMILES string of the molecule is CCCCCC(=O)N(CCOc1ccc(C[C@H](Nc2ccccc2C(=O)c2ccccc2)C(=O)O)cc1)Cc1ccccc1. The molecule has 0 bridgehead atoms. The van der Waals surface area contributed by atoms with Crippen LogP contribution in [0.2, 0.25) is 0 Å². The van der Waals surface area contributed by atoms with Gasteiger partial charge < -0.3 is 20.1 Å². The largest absolute Gasteiger partial charge is 0.492 e. The number of unbranched alkanes of at least 4 members (excludes halogenated alkanes) is 2. The Kier molecular flexibility index (Phi) is 12.1. The highest BCUT2D eigenvalue weighted by Gasteiger charge is 2.21. The number of carboxylic acid groups (broad SMARTS) is 1. The number of para-hydroxylation sites is 1. The van der Waals surface area contributed by atoms with E-state index in [2.05, 4.69) is 12.2 Å². The van der Waals surface area contributed by atoms with Gasteiger partial charge in [-0.2, -0.15) is 0 Å². The monoisotopic (exact) mass is 592 g/mol. The number of hydrogen-bond donors (Lipinski definition) is 2. The maximum absolute atomic E-state index is 13.1. The molecular weight excluding hydrogens is 552 g/mol. The molecule has 0 unspecified atom stereocenters. The van der Waals surface area contributed by atoms with Crippen molar-refractivity contribution in [3.05, 3.63) is 131 Å². The summed E-state index contributed by atoms with van der Waals surface area (Å²) in [7, 11) is 0. The van der Waals surface area contributed by atoms with Crippen LogP contribution in [0.15, 0.2) is 109 Å². The molecule has 0 aliphatic carbocycles. The first kappa shape index (κ1) is 32.0. The summed E-state index contributed by atoms with van der Waals surface area (Å²) >= 11 is 0. The maximum Gasteiger partial charge on any atom is 0.326 e. The summed E-state index contributed by atoms with van der Waals surface area (Å²) in [6.45, 7) is 3.47. The molecule has 1 atom stereocenters. The number of amides is 1. The van der Waals surface area contributed by atoms with E-state index >= 15 is 0 Å². The van der Waals surface area contributed by atoms with Crippen LogP contribution in [0.3, 0.4) is 0 Å². The Morgan fingerprint density at radius 1 is 0.795 bits per heavy atom. The van der Waals surface area contributed by atoms with E-state index < -0.39 is 12.0 Å². The number of benzene rings is 4. The number of nitrogens with one attached hydrogen (secondary N) is 1. The summed E-state index contributed by atoms with van der Waals surface area (Å²) in [5.41, 5.74) is 3.31. The molecule has 0 aliphatic heterocycles. The highest BCUT2D eigenvalue weighted by molar-refractivity contribution is 6.12. The van der Waals surface area contributed by atoms with Gasteiger partial charge in [-0.3, -0.25) is 9.59 Å². The summed E-state index contributed by atoms with van der Waals surface area (Å²) < 4.78 is 5.97. The molecule has 0 aromatic heterocycles. The lowest BCUT2D eigenvalue weighted by molar-refractivity contribution is -0.138. The number of carbonyl (C=O) groups is 3. The van der Waals surface area contributed by atoms with Crippen molar-refractivity contribution in [2.24, 2.45) is 0 Å². The number of carbonyl (C=O) groups excluding carboxylic acids is 2. The Balaban J connectivity index is 1.35. The molecule has 0 spiro atoms. The molecule has 0 saturated carbocycles. The standard InChI is InChI=1S/C37H40N2O5/c1-2-3-6-19-35(40)39(27-29-13-7-4-8-14-29)24-25-44-31-22-20-28(21-23-31)26-34(37(42)43)38-33-18-12-11-17-32(33)36(41)30-15-9-5-10-16-30/h4-5,7-18,20-23,34,38H,2-3,6,19,24-27H2,1H3,(H,42,43)/t34-/m0/s1. The Bertz CT molecular complexity index is 1490. The number of carboxylic acids is 1. The van der Waals surface area contributed by atoms with E-state index in [9.17, 15) is 19.5 Å². The topological polar surface area (TPSA) is 95.9 Å². The molecule has 2 N–H and O–H groups in total. The lowest BCUT2D eigenvalue weighted by Gasteiger charge is -2.23. The zero-order valence-corrected chi connectivity index (χ0v) is 25.2. The average molecular weight is 593 g/mol. The number of nitrogens with zero attached hydrogens (tertiary/aromatic N) is 1. The Morgan fingerprint density at radius 2 is 1.45 bits per heavy atom. The van der Waals surface area contributed by atoms with Crippen molar-refractivity contribution >= 4 is 23.3 Å². The smallest absolute Gasteiger partial charge is 0.326 e. The quantitative estimate of drug-likeness (QED) is 0.101. The highest BCUT2D eigenvalue weighted by atomic mass is 16.5. The molecule has 1 amide bonds. The minimum absolute atomic E-state index is 0.125. The molecular formula is C37H40N2O5. The highest BCUT2D eigenvalue weighted by Crippen LogP contribution is 2.22. The predicted molar refractivity (Wildman–Crippen MR) is 173 cm³/mol. The number of aliphatic carboxylic acids is 1. The molecule has 0 radical (unpaired) electrons. The first-order chi connectivity index (χ1) is 21.4. The van der Waals surface area contributed by atoms with Crippen molar-refractivity contribution in [3.8, 4) is 5.75 Å². The van der Waals surface area contributed by atoms with E-state index in [-0.39, 0.29) is 18.1 Å². The van der Waals surface area contributed by atoms with Crippen molar-refractivity contribution in [2.45, 2.75) is 51.6 Å². The van der Waals surface area contributed by atoms with Crippen molar-refractivity contribution in [2.75, 3.05) is 18.5 Å². The van der Waals surface area contributed by atoms with Crippen LogP contribution in [0, 0.1) is 0 Å². The van der Waals surface area contributed by atoms with Gasteiger partial charge >= 0.3 is 5.97 Å². The summed E-state index contributed by atoms with van der Waals surface area (Å²) in [6.07, 6.45) is 3.71. The second-order valence-electron chi connectivity index (χ2n) is 10.7. The number of ether oxygens (including phenoxy) is 1. The first-order valence-corrected chi connectivity index (χ1v) is 15.2. The second-order valence-corrected chi connectivity index (χ2v) is 10.7. The second kappa shape index (κ2) is 16.7. The van der Waals surface area contributed by atoms with Gasteiger partial charge in [0.25, 0.3) is 0 Å². The van der Waals surface area contributed by atoms with Crippen LogP contribution >= 0.6 is 0 Å². The number of hydrogen-bond acceptors (Lipinski definition) is 5. The fourth-order valence-corrected chi connectivity index (χ4v) is 4.95. The van der Waals surface area contributed by atoms with Crippen LogP contribution in [-0.4, -0.2) is 46.9 Å². The van der Waals surface area contributed by atoms with E-state index in [1.807, 2.05) is 65.6 Å². The molecule has 44 heavy (non-hydrogen) atoms. The van der Waals surface area contributed by atoms with Crippen molar-refractivity contribution in [3.63, 3.8) is 0 Å². The lowest BCUT2D eigenvalue weighted by atomic mass is 10.00. The molecule has 7 nitrogen and oxygen atoms in total. The minimum Gasteiger partial charge on any atom is -0.492 e. The van der Waals surface area contributed by atoms with Crippen LogP contribution in [0.25, 0.3) is 0 Å². The van der Waals surface area contributed by atoms with Crippen LogP contribution in [0.4, 0.5) is 5.69 Å². The number of ketones is 1. The van der Waals surface area contributed by atoms with Crippen molar-refractivity contribution in [1.82, 2.24) is 4.90 Å². The third kappa shape index (κ3) is 9.56. The van der Waals surface area contributed by atoms with Crippen LogP contribution in [0.5, 0.6) is 5.75 Å². The zero-order valence-electron chi connectivity index (χ0n) is 25.2. The molecule has 4 aromatic rings. The van der Waals surface area contributed by atoms with Crippen LogP contribution < -0.4 is 10.1 Å². The predicted octanol–water partition coefficient (Wildman–Crippen LogP) is 7.01. The molecule has 0 heterocycles. The molecule has 4 rings (SSSR count). The third-order valence-corrected chi connectivity index (χ3v) is 7.39. The summed E-state index contributed by atoms with van der Waals surface area (Å²) in [6, 6.07) is 32.2. The Labute approximate surface area is 259 Å². The van der Waals surface area contributed by atoms with E-state index in [1.165, 1.54) is 0 Å². The first-order valence-electron chi connectivity index (χ1n) is 15.2. The molecule has 0 saturated heterocycles. The van der Waals surface area contributed by atoms with Gasteiger partial charge in [-0.05, 0) is 41.8 Å². The zero-order chi connectivity index (χ0) is 31.1. The van der Waals surface area contributed by atoms with Gasteiger partial charge in [0.2, 0.25) is 5.91 Å². The molecule has 4 aromatic carbocycles. The van der Waals surface area contributed by atoms with E-state index in [4.69, 9.17) is 4.74 Å². The van der Waals surface area contributed by atoms with E-state index in [0.29, 0.717) is 48.7 Å². The van der Waals surface area contributed by atoms with Gasteiger partial charge in [0.1, 0.15) is 18.4 Å². The fraction of sp³-hybridized carbons (Fsp3) is 0.270. The number of anilines is 1. The third-order valence-electron chi connectivity index (χ3n) is 7.39. The van der Waals surface area contributed by atoms with Crippen LogP contribution in [-0.2, 0) is 22.6 Å². The summed E-state index contributed by atoms with van der Waals surface area (Å²) in [5, 5.41) is 13.0. The van der Waals surface area contributed by atoms with Gasteiger partial charge in [-0.25, -0.2) is 4.79 Å². The minimum atomic E-state index is -1.02. The van der Waals surface area contributed by atoms with Gasteiger partial charge in [0.15, 0.2) is 5.78 Å². The lowest BCUT2D eigenvalue weighted by Crippen LogP contribution is -2.34. The van der Waals surface area contributed by atoms with Gasteiger partial charge in [-0.15, -0.1) is 0 Å². The van der Waals surface area contributed by atoms with Crippen molar-refractivity contribution in [1.29, 1.82) is 0 Å². The Morgan fingerprint density at radius 3 is 2.14 bits per heavy atom. The molecule has 0 fully saturated rings. The van der Waals surface area contributed by atoms with Gasteiger partial charge in [0, 0.05) is 36.2 Å². The van der Waals surface area contributed by atoms with Crippen LogP contribution in [0.1, 0.15) is 59.7 Å². The van der Waals surface area contributed by atoms with Gasteiger partial charge in [0.05, 0.1) is 6.54 Å². The summed E-state index contributed by atoms with van der Waals surface area (Å²) in [5.74, 6) is -0.426. The van der Waals surface area contributed by atoms with E-state index in [0.717, 1.165) is 30.4 Å².